The molecule has 3 aromatic carbocycles. The van der Waals surface area contributed by atoms with E-state index in [2.05, 4.69) is 31.8 Å². The van der Waals surface area contributed by atoms with Crippen molar-refractivity contribution in [3.8, 4) is 0 Å². The number of halogens is 1. The van der Waals surface area contributed by atoms with Crippen LogP contribution in [0.5, 0.6) is 0 Å². The normalized spacial score (nSPS) is 11.3. The Balaban J connectivity index is 1.32. The largest absolute Gasteiger partial charge is 0.451 e. The first-order valence-electron chi connectivity index (χ1n) is 10.5. The topological polar surface area (TPSA) is 88.6 Å². The van der Waals surface area contributed by atoms with Crippen LogP contribution in [0.25, 0.3) is 21.9 Å². The number of carbonyl (C=O) groups excluding carboxylic acids is 2. The zero-order valence-electron chi connectivity index (χ0n) is 17.9. The number of furan rings is 1. The van der Waals surface area contributed by atoms with Crippen molar-refractivity contribution < 1.29 is 14.0 Å². The lowest BCUT2D eigenvalue weighted by molar-refractivity contribution is -0.116. The lowest BCUT2D eigenvalue weighted by atomic mass is 10.2. The molecule has 0 saturated carbocycles. The Kier molecular flexibility index (Phi) is 5.97. The van der Waals surface area contributed by atoms with Crippen LogP contribution in [0.2, 0.25) is 0 Å². The number of para-hydroxylation sites is 2. The van der Waals surface area contributed by atoms with Gasteiger partial charge in [-0.2, -0.15) is 5.10 Å². The van der Waals surface area contributed by atoms with Crippen LogP contribution < -0.4 is 10.7 Å². The van der Waals surface area contributed by atoms with Gasteiger partial charge >= 0.3 is 5.91 Å². The van der Waals surface area contributed by atoms with Gasteiger partial charge in [0.1, 0.15) is 12.1 Å². The van der Waals surface area contributed by atoms with Crippen LogP contribution in [-0.2, 0) is 11.3 Å². The summed E-state index contributed by atoms with van der Waals surface area (Å²) in [6, 6.07) is 24.2. The molecule has 7 nitrogen and oxygen atoms in total. The minimum absolute atomic E-state index is 0.139. The fraction of sp³-hybridized carbons (Fsp3) is 0.0385. The third-order valence-electron chi connectivity index (χ3n) is 5.26. The molecule has 8 heteroatoms. The van der Waals surface area contributed by atoms with Crippen molar-refractivity contribution in [1.29, 1.82) is 0 Å². The molecule has 2 heterocycles. The van der Waals surface area contributed by atoms with Gasteiger partial charge in [-0.15, -0.1) is 0 Å². The van der Waals surface area contributed by atoms with Crippen LogP contribution >= 0.6 is 15.9 Å². The predicted octanol–water partition coefficient (Wildman–Crippen LogP) is 5.55. The predicted molar refractivity (Wildman–Crippen MR) is 136 cm³/mol. The summed E-state index contributed by atoms with van der Waals surface area (Å²) >= 11 is 3.41. The second kappa shape index (κ2) is 9.36. The number of nitrogens with zero attached hydrogens (tertiary/aromatic N) is 2. The molecular weight excluding hydrogens is 496 g/mol. The third-order valence-corrected chi connectivity index (χ3v) is 5.76. The molecule has 0 radical (unpaired) electrons. The summed E-state index contributed by atoms with van der Waals surface area (Å²) in [5.41, 5.74) is 5.53. The summed E-state index contributed by atoms with van der Waals surface area (Å²) in [4.78, 5) is 25.0. The van der Waals surface area contributed by atoms with Crippen molar-refractivity contribution in [3.05, 3.63) is 101 Å². The van der Waals surface area contributed by atoms with Gasteiger partial charge in [0.05, 0.1) is 6.21 Å². The van der Waals surface area contributed by atoms with Crippen LogP contribution in [-0.4, -0.2) is 22.6 Å². The number of hydrogen-bond acceptors (Lipinski definition) is 4. The van der Waals surface area contributed by atoms with E-state index in [1.54, 1.807) is 18.3 Å². The van der Waals surface area contributed by atoms with Crippen molar-refractivity contribution in [1.82, 2.24) is 9.99 Å². The Labute approximate surface area is 203 Å². The zero-order valence-corrected chi connectivity index (χ0v) is 19.5. The van der Waals surface area contributed by atoms with Gasteiger partial charge in [-0.05, 0) is 42.5 Å². The second-order valence-corrected chi connectivity index (χ2v) is 8.55. The van der Waals surface area contributed by atoms with Crippen molar-refractivity contribution in [2.75, 3.05) is 5.32 Å². The van der Waals surface area contributed by atoms with E-state index in [1.807, 2.05) is 77.5 Å². The first-order valence-corrected chi connectivity index (χ1v) is 11.3. The van der Waals surface area contributed by atoms with E-state index in [-0.39, 0.29) is 18.2 Å². The monoisotopic (exact) mass is 514 g/mol. The number of rotatable bonds is 6. The molecule has 0 aliphatic rings. The highest BCUT2D eigenvalue weighted by atomic mass is 79.9. The highest BCUT2D eigenvalue weighted by molar-refractivity contribution is 9.10. The number of anilines is 1. The van der Waals surface area contributed by atoms with Crippen LogP contribution in [0.3, 0.4) is 0 Å². The van der Waals surface area contributed by atoms with Gasteiger partial charge in [0.2, 0.25) is 5.91 Å². The standard InChI is InChI=1S/C26H19BrN4O3/c27-19-10-11-23-17(12-19)13-24(34-23)26(33)30-28-14-18-15-31(22-9-5-4-8-21(18)22)16-25(32)29-20-6-2-1-3-7-20/h1-15H,16H2,(H,29,32)(H,30,33)/b28-14+. The Morgan fingerprint density at radius 3 is 2.65 bits per heavy atom. The van der Waals surface area contributed by atoms with Gasteiger partial charge in [0.25, 0.3) is 0 Å². The average molecular weight is 515 g/mol. The maximum absolute atomic E-state index is 12.6. The Hall–Kier alpha value is -4.17. The minimum Gasteiger partial charge on any atom is -0.451 e. The average Bonchev–Trinajstić information content (AvgIpc) is 3.41. The lowest BCUT2D eigenvalue weighted by Gasteiger charge is -2.07. The molecule has 0 aliphatic carbocycles. The molecule has 0 atom stereocenters. The van der Waals surface area contributed by atoms with E-state index < -0.39 is 5.91 Å². The Morgan fingerprint density at radius 2 is 1.79 bits per heavy atom. The summed E-state index contributed by atoms with van der Waals surface area (Å²) in [6.45, 7) is 0.143. The second-order valence-electron chi connectivity index (χ2n) is 7.64. The molecule has 0 saturated heterocycles. The molecule has 2 amide bonds. The Bertz CT molecular complexity index is 1540. The molecule has 0 fully saturated rings. The van der Waals surface area contributed by atoms with E-state index in [4.69, 9.17) is 4.42 Å². The first-order chi connectivity index (χ1) is 16.6. The van der Waals surface area contributed by atoms with Gasteiger partial charge < -0.3 is 14.3 Å². The minimum atomic E-state index is -0.449. The molecular formula is C26H19BrN4O3. The van der Waals surface area contributed by atoms with Gasteiger partial charge in [-0.25, -0.2) is 5.43 Å². The number of benzene rings is 3. The summed E-state index contributed by atoms with van der Waals surface area (Å²) in [5.74, 6) is -0.417. The zero-order chi connectivity index (χ0) is 23.5. The molecule has 0 spiro atoms. The van der Waals surface area contributed by atoms with Crippen LogP contribution in [0.1, 0.15) is 16.1 Å². The highest BCUT2D eigenvalue weighted by Gasteiger charge is 2.13. The van der Waals surface area contributed by atoms with Crippen molar-refractivity contribution >= 4 is 61.5 Å². The number of hydrazone groups is 1. The molecule has 5 aromatic rings. The third kappa shape index (κ3) is 4.62. The number of hydrogen-bond donors (Lipinski definition) is 2. The number of aromatic nitrogens is 1. The molecule has 2 N–H and O–H groups in total. The van der Waals surface area contributed by atoms with Crippen LogP contribution in [0, 0.1) is 0 Å². The Morgan fingerprint density at radius 1 is 1.00 bits per heavy atom. The van der Waals surface area contributed by atoms with Gasteiger partial charge in [0, 0.05) is 38.2 Å². The molecule has 0 aliphatic heterocycles. The van der Waals surface area contributed by atoms with Crippen LogP contribution in [0.4, 0.5) is 5.69 Å². The fourth-order valence-electron chi connectivity index (χ4n) is 3.73. The quantitative estimate of drug-likeness (QED) is 0.230. The molecule has 34 heavy (non-hydrogen) atoms. The van der Waals surface area contributed by atoms with Crippen molar-refractivity contribution in [3.63, 3.8) is 0 Å². The number of carbonyl (C=O) groups is 2. The van der Waals surface area contributed by atoms with Gasteiger partial charge in [0.15, 0.2) is 5.76 Å². The molecule has 0 unspecified atom stereocenters. The molecule has 2 aromatic heterocycles. The summed E-state index contributed by atoms with van der Waals surface area (Å²) < 4.78 is 8.36. The van der Waals surface area contributed by atoms with E-state index in [0.29, 0.717) is 5.58 Å². The van der Waals surface area contributed by atoms with E-state index >= 15 is 0 Å². The maximum Gasteiger partial charge on any atom is 0.307 e. The van der Waals surface area contributed by atoms with Crippen molar-refractivity contribution in [2.45, 2.75) is 6.54 Å². The summed E-state index contributed by atoms with van der Waals surface area (Å²) in [7, 11) is 0. The van der Waals surface area contributed by atoms with Crippen molar-refractivity contribution in [2.24, 2.45) is 5.10 Å². The first kappa shape index (κ1) is 21.7. The number of nitrogens with one attached hydrogen (secondary N) is 2. The molecule has 0 bridgehead atoms. The van der Waals surface area contributed by atoms with Crippen LogP contribution in [0.15, 0.2) is 99.1 Å². The SMILES string of the molecule is O=C(Cn1cc(/C=N/NC(=O)c2cc3cc(Br)ccc3o2)c2ccccc21)Nc1ccccc1. The number of fused-ring (bicyclic) bond motifs is 2. The molecule has 5 rings (SSSR count). The maximum atomic E-state index is 12.6. The molecule has 168 valence electrons. The lowest BCUT2D eigenvalue weighted by Crippen LogP contribution is -2.18. The summed E-state index contributed by atoms with van der Waals surface area (Å²) in [5, 5.41) is 8.74. The van der Waals surface area contributed by atoms with E-state index in [9.17, 15) is 9.59 Å². The summed E-state index contributed by atoms with van der Waals surface area (Å²) in [6.07, 6.45) is 3.40. The smallest absolute Gasteiger partial charge is 0.307 e. The van der Waals surface area contributed by atoms with Gasteiger partial charge in [-0.3, -0.25) is 9.59 Å². The fourth-order valence-corrected chi connectivity index (χ4v) is 4.11. The van der Waals surface area contributed by atoms with E-state index in [0.717, 1.165) is 32.0 Å². The van der Waals surface area contributed by atoms with E-state index in [1.165, 1.54) is 0 Å². The number of amides is 2. The highest BCUT2D eigenvalue weighted by Crippen LogP contribution is 2.23. The van der Waals surface area contributed by atoms with Gasteiger partial charge in [-0.1, -0.05) is 52.3 Å².